The number of rotatable bonds is 4. The highest BCUT2D eigenvalue weighted by Crippen LogP contribution is 2.39. The predicted octanol–water partition coefficient (Wildman–Crippen LogP) is 4.90. The van der Waals surface area contributed by atoms with Gasteiger partial charge in [0.15, 0.2) is 0 Å². The molecular weight excluding hydrogens is 308 g/mol. The molecule has 0 spiro atoms. The first-order chi connectivity index (χ1) is 11.5. The summed E-state index contributed by atoms with van der Waals surface area (Å²) in [6.45, 7) is 7.09. The van der Waals surface area contributed by atoms with Crippen molar-refractivity contribution in [3.63, 3.8) is 0 Å². The summed E-state index contributed by atoms with van der Waals surface area (Å²) < 4.78 is 7.15. The summed E-state index contributed by atoms with van der Waals surface area (Å²) in [4.78, 5) is 0. The van der Waals surface area contributed by atoms with Gasteiger partial charge in [-0.25, -0.2) is 0 Å². The lowest BCUT2D eigenvalue weighted by Gasteiger charge is -2.45. The molecule has 0 radical (unpaired) electrons. The number of benzene rings is 2. The zero-order valence-corrected chi connectivity index (χ0v) is 16.3. The Bertz CT molecular complexity index is 585. The largest absolute Gasteiger partial charge is 0.404 e. The highest BCUT2D eigenvalue weighted by molar-refractivity contribution is 6.99. The lowest BCUT2D eigenvalue weighted by molar-refractivity contribution is 0.143. The minimum atomic E-state index is -2.34. The molecule has 0 heterocycles. The van der Waals surface area contributed by atoms with Crippen molar-refractivity contribution in [1.29, 1.82) is 0 Å². The van der Waals surface area contributed by atoms with E-state index in [-0.39, 0.29) is 5.04 Å². The molecule has 1 saturated carbocycles. The SMILES string of the molecule is CC(C)(C)[Si](OC1CCCCC1)(c1ccccc1)c1ccccc1. The van der Waals surface area contributed by atoms with Crippen LogP contribution in [-0.4, -0.2) is 14.4 Å². The molecule has 1 aliphatic carbocycles. The number of hydrogen-bond donors (Lipinski definition) is 0. The van der Waals surface area contributed by atoms with Crippen molar-refractivity contribution in [3.8, 4) is 0 Å². The van der Waals surface area contributed by atoms with Crippen LogP contribution in [0, 0.1) is 0 Å². The molecule has 0 aliphatic heterocycles. The van der Waals surface area contributed by atoms with Gasteiger partial charge in [0.2, 0.25) is 0 Å². The Morgan fingerprint density at radius 1 is 0.750 bits per heavy atom. The molecule has 1 fully saturated rings. The van der Waals surface area contributed by atoms with Crippen molar-refractivity contribution in [3.05, 3.63) is 60.7 Å². The molecule has 2 aromatic carbocycles. The fourth-order valence-electron chi connectivity index (χ4n) is 4.12. The van der Waals surface area contributed by atoms with Gasteiger partial charge in [-0.05, 0) is 28.3 Å². The van der Waals surface area contributed by atoms with E-state index < -0.39 is 8.32 Å². The Labute approximate surface area is 148 Å². The molecular formula is C22H30OSi. The quantitative estimate of drug-likeness (QED) is 0.721. The second kappa shape index (κ2) is 7.24. The monoisotopic (exact) mass is 338 g/mol. The molecule has 2 heteroatoms. The summed E-state index contributed by atoms with van der Waals surface area (Å²) in [6, 6.07) is 22.0. The molecule has 128 valence electrons. The van der Waals surface area contributed by atoms with E-state index in [9.17, 15) is 0 Å². The van der Waals surface area contributed by atoms with Crippen LogP contribution in [0.1, 0.15) is 52.9 Å². The molecule has 3 rings (SSSR count). The molecule has 24 heavy (non-hydrogen) atoms. The fourth-order valence-corrected chi connectivity index (χ4v) is 8.87. The van der Waals surface area contributed by atoms with E-state index in [1.54, 1.807) is 0 Å². The van der Waals surface area contributed by atoms with E-state index in [0.717, 1.165) is 0 Å². The third-order valence-corrected chi connectivity index (χ3v) is 10.4. The lowest BCUT2D eigenvalue weighted by atomic mass is 9.98. The van der Waals surface area contributed by atoms with E-state index in [2.05, 4.69) is 81.4 Å². The highest BCUT2D eigenvalue weighted by atomic mass is 28.4. The molecule has 0 bridgehead atoms. The van der Waals surface area contributed by atoms with Crippen molar-refractivity contribution in [2.45, 2.75) is 64.0 Å². The van der Waals surface area contributed by atoms with Gasteiger partial charge in [-0.1, -0.05) is 101 Å². The van der Waals surface area contributed by atoms with Crippen LogP contribution in [0.15, 0.2) is 60.7 Å². The van der Waals surface area contributed by atoms with Gasteiger partial charge >= 0.3 is 0 Å². The van der Waals surface area contributed by atoms with Crippen LogP contribution in [0.25, 0.3) is 0 Å². The summed E-state index contributed by atoms with van der Waals surface area (Å²) in [5, 5.41) is 2.89. The third-order valence-electron chi connectivity index (χ3n) is 5.31. The summed E-state index contributed by atoms with van der Waals surface area (Å²) >= 11 is 0. The third kappa shape index (κ3) is 3.36. The minimum Gasteiger partial charge on any atom is -0.404 e. The predicted molar refractivity (Wildman–Crippen MR) is 106 cm³/mol. The molecule has 1 nitrogen and oxygen atoms in total. The molecule has 1 aliphatic rings. The van der Waals surface area contributed by atoms with Crippen molar-refractivity contribution in [2.24, 2.45) is 0 Å². The molecule has 2 aromatic rings. The van der Waals surface area contributed by atoms with Crippen LogP contribution in [0.2, 0.25) is 5.04 Å². The molecule has 0 N–H and O–H groups in total. The Hall–Kier alpha value is -1.38. The minimum absolute atomic E-state index is 0.0904. The van der Waals surface area contributed by atoms with Crippen molar-refractivity contribution in [2.75, 3.05) is 0 Å². The maximum atomic E-state index is 7.15. The zero-order chi connectivity index (χ0) is 17.0. The van der Waals surface area contributed by atoms with Crippen molar-refractivity contribution in [1.82, 2.24) is 0 Å². The average molecular weight is 339 g/mol. The normalized spacial score (nSPS) is 17.0. The standard InChI is InChI=1S/C22H30OSi/c1-22(2,3)24(20-15-9-5-10-16-20,21-17-11-6-12-18-21)23-19-13-7-4-8-14-19/h5-6,9-12,15-19H,4,7-8,13-14H2,1-3H3. The van der Waals surface area contributed by atoms with Crippen LogP contribution in [0.4, 0.5) is 0 Å². The van der Waals surface area contributed by atoms with E-state index in [4.69, 9.17) is 4.43 Å². The molecule has 0 aromatic heterocycles. The second-order valence-corrected chi connectivity index (χ2v) is 12.3. The smallest absolute Gasteiger partial charge is 0.261 e. The summed E-state index contributed by atoms with van der Waals surface area (Å²) in [7, 11) is -2.34. The highest BCUT2D eigenvalue weighted by Gasteiger charge is 2.51. The molecule has 0 amide bonds. The van der Waals surface area contributed by atoms with E-state index in [1.807, 2.05) is 0 Å². The summed E-state index contributed by atoms with van der Waals surface area (Å²) in [5.41, 5.74) is 0. The Morgan fingerprint density at radius 3 is 1.62 bits per heavy atom. The zero-order valence-electron chi connectivity index (χ0n) is 15.3. The van der Waals surface area contributed by atoms with Crippen molar-refractivity contribution < 1.29 is 4.43 Å². The van der Waals surface area contributed by atoms with Crippen LogP contribution < -0.4 is 10.4 Å². The van der Waals surface area contributed by atoms with Crippen molar-refractivity contribution >= 4 is 18.7 Å². The van der Waals surface area contributed by atoms with Gasteiger partial charge in [-0.15, -0.1) is 0 Å². The first-order valence-electron chi connectivity index (χ1n) is 9.33. The van der Waals surface area contributed by atoms with Crippen LogP contribution >= 0.6 is 0 Å². The van der Waals surface area contributed by atoms with Gasteiger partial charge in [0, 0.05) is 6.10 Å². The first-order valence-corrected chi connectivity index (χ1v) is 11.2. The second-order valence-electron chi connectivity index (χ2n) is 8.04. The topological polar surface area (TPSA) is 9.23 Å². The van der Waals surface area contributed by atoms with Crippen LogP contribution in [-0.2, 0) is 4.43 Å². The van der Waals surface area contributed by atoms with Gasteiger partial charge < -0.3 is 4.43 Å². The fraction of sp³-hybridized carbons (Fsp3) is 0.455. The summed E-state index contributed by atoms with van der Waals surface area (Å²) in [5.74, 6) is 0. The van der Waals surface area contributed by atoms with E-state index in [1.165, 1.54) is 42.5 Å². The first kappa shape index (κ1) is 17.4. The number of hydrogen-bond acceptors (Lipinski definition) is 1. The van der Waals surface area contributed by atoms with Crippen LogP contribution in [0.3, 0.4) is 0 Å². The van der Waals surface area contributed by atoms with Gasteiger partial charge in [0.1, 0.15) is 0 Å². The maximum absolute atomic E-state index is 7.15. The molecule has 0 saturated heterocycles. The molecule has 0 unspecified atom stereocenters. The van der Waals surface area contributed by atoms with Gasteiger partial charge in [-0.3, -0.25) is 0 Å². The van der Waals surface area contributed by atoms with E-state index in [0.29, 0.717) is 6.10 Å². The Balaban J connectivity index is 2.13. The summed E-state index contributed by atoms with van der Waals surface area (Å²) in [6.07, 6.45) is 6.81. The van der Waals surface area contributed by atoms with Gasteiger partial charge in [-0.2, -0.15) is 0 Å². The Morgan fingerprint density at radius 2 is 1.21 bits per heavy atom. The Kier molecular flexibility index (Phi) is 5.26. The van der Waals surface area contributed by atoms with E-state index >= 15 is 0 Å². The van der Waals surface area contributed by atoms with Gasteiger partial charge in [0.25, 0.3) is 8.32 Å². The average Bonchev–Trinajstić information content (AvgIpc) is 2.61. The molecule has 0 atom stereocenters. The lowest BCUT2D eigenvalue weighted by Crippen LogP contribution is -2.67. The van der Waals surface area contributed by atoms with Crippen LogP contribution in [0.5, 0.6) is 0 Å². The van der Waals surface area contributed by atoms with Gasteiger partial charge in [0.05, 0.1) is 0 Å². The maximum Gasteiger partial charge on any atom is 0.261 e.